The molecule has 1 saturated heterocycles. The number of piperidine rings is 1. The highest BCUT2D eigenvalue weighted by molar-refractivity contribution is 8.00. The molecule has 1 aliphatic carbocycles. The Morgan fingerprint density at radius 3 is 2.91 bits per heavy atom. The second-order valence-corrected chi connectivity index (χ2v) is 10.5. The van der Waals surface area contributed by atoms with Crippen LogP contribution in [0.3, 0.4) is 0 Å². The van der Waals surface area contributed by atoms with E-state index >= 15 is 0 Å². The first kappa shape index (κ1) is 23.3. The molecule has 2 fully saturated rings. The number of likely N-dealkylation sites (tertiary alicyclic amines) is 1. The highest BCUT2D eigenvalue weighted by Crippen LogP contribution is 2.35. The maximum atomic E-state index is 12.0. The molecule has 32 heavy (non-hydrogen) atoms. The number of hydrogen-bond donors (Lipinski definition) is 2. The number of aliphatic hydroxyl groups excluding tert-OH is 1. The molecule has 6 nitrogen and oxygen atoms in total. The third-order valence-electron chi connectivity index (χ3n) is 6.81. The number of carboxylic acid groups (broad SMARTS) is 1. The normalized spacial score (nSPS) is 22.7. The van der Waals surface area contributed by atoms with E-state index in [4.69, 9.17) is 4.74 Å². The predicted molar refractivity (Wildman–Crippen MR) is 128 cm³/mol. The number of aliphatic hydroxyl groups is 1. The first-order valence-electron chi connectivity index (χ1n) is 11.7. The third kappa shape index (κ3) is 5.94. The Labute approximate surface area is 194 Å². The van der Waals surface area contributed by atoms with E-state index in [1.807, 2.05) is 24.3 Å². The number of methoxy groups -OCH3 is 1. The van der Waals surface area contributed by atoms with Gasteiger partial charge in [-0.25, -0.2) is 0 Å². The minimum absolute atomic E-state index is 0.0990. The third-order valence-corrected chi connectivity index (χ3v) is 8.27. The average Bonchev–Trinajstić information content (AvgIpc) is 3.64. The number of fused-ring (bicyclic) bond motifs is 1. The quantitative estimate of drug-likeness (QED) is 0.484. The number of hydrogen-bond acceptors (Lipinski definition) is 6. The maximum Gasteiger partial charge on any atom is 0.308 e. The van der Waals surface area contributed by atoms with Crippen molar-refractivity contribution in [1.82, 2.24) is 9.88 Å². The SMILES string of the molecule is COc1ccc2nccc([C@@H](O)CC[C@@H]3CCN(CCCSC4CC4)C[C@@H]3C(=O)O)c2c1. The topological polar surface area (TPSA) is 82.9 Å². The zero-order valence-electron chi connectivity index (χ0n) is 18.8. The van der Waals surface area contributed by atoms with Gasteiger partial charge >= 0.3 is 5.97 Å². The molecule has 1 aliphatic heterocycles. The van der Waals surface area contributed by atoms with Crippen LogP contribution in [0.15, 0.2) is 30.5 Å². The van der Waals surface area contributed by atoms with E-state index in [-0.39, 0.29) is 11.8 Å². The Bertz CT molecular complexity index is 920. The van der Waals surface area contributed by atoms with E-state index in [0.29, 0.717) is 19.4 Å². The minimum Gasteiger partial charge on any atom is -0.497 e. The number of nitrogens with zero attached hydrogens (tertiary/aromatic N) is 2. The van der Waals surface area contributed by atoms with E-state index in [1.54, 1.807) is 13.3 Å². The molecule has 0 radical (unpaired) electrons. The Balaban J connectivity index is 1.33. The predicted octanol–water partition coefficient (Wildman–Crippen LogP) is 4.37. The van der Waals surface area contributed by atoms with Crippen molar-refractivity contribution in [2.24, 2.45) is 11.8 Å². The number of benzene rings is 1. The van der Waals surface area contributed by atoms with Crippen LogP contribution in [-0.4, -0.2) is 63.8 Å². The number of pyridine rings is 1. The fraction of sp³-hybridized carbons (Fsp3) is 0.600. The molecule has 3 atom stereocenters. The lowest BCUT2D eigenvalue weighted by molar-refractivity contribution is -0.146. The van der Waals surface area contributed by atoms with Gasteiger partial charge in [0, 0.05) is 23.4 Å². The van der Waals surface area contributed by atoms with Crippen molar-refractivity contribution >= 4 is 28.6 Å². The summed E-state index contributed by atoms with van der Waals surface area (Å²) in [6.07, 6.45) is 7.06. The van der Waals surface area contributed by atoms with Gasteiger partial charge in [-0.15, -0.1) is 0 Å². The molecule has 1 saturated carbocycles. The molecule has 2 aliphatic rings. The largest absolute Gasteiger partial charge is 0.497 e. The fourth-order valence-corrected chi connectivity index (χ4v) is 5.86. The summed E-state index contributed by atoms with van der Waals surface area (Å²) < 4.78 is 5.33. The molecule has 2 N–H and O–H groups in total. The molecule has 2 aromatic rings. The first-order valence-corrected chi connectivity index (χ1v) is 12.8. The van der Waals surface area contributed by atoms with Crippen LogP contribution in [0, 0.1) is 11.8 Å². The summed E-state index contributed by atoms with van der Waals surface area (Å²) in [5, 5.41) is 22.6. The highest BCUT2D eigenvalue weighted by atomic mass is 32.2. The molecular formula is C25H34N2O4S. The second-order valence-electron chi connectivity index (χ2n) is 9.09. The summed E-state index contributed by atoms with van der Waals surface area (Å²) in [6, 6.07) is 7.51. The van der Waals surface area contributed by atoms with Gasteiger partial charge in [0.1, 0.15) is 5.75 Å². The number of carboxylic acids is 1. The van der Waals surface area contributed by atoms with Gasteiger partial charge in [0.2, 0.25) is 0 Å². The van der Waals surface area contributed by atoms with Crippen LogP contribution in [0.4, 0.5) is 0 Å². The van der Waals surface area contributed by atoms with Crippen LogP contribution in [0.1, 0.15) is 50.2 Å². The van der Waals surface area contributed by atoms with E-state index in [9.17, 15) is 15.0 Å². The molecule has 0 amide bonds. The molecule has 0 unspecified atom stereocenters. The molecular weight excluding hydrogens is 424 g/mol. The lowest BCUT2D eigenvalue weighted by atomic mass is 9.81. The van der Waals surface area contributed by atoms with Crippen molar-refractivity contribution < 1.29 is 19.7 Å². The smallest absolute Gasteiger partial charge is 0.308 e. The summed E-state index contributed by atoms with van der Waals surface area (Å²) in [5.41, 5.74) is 1.64. The van der Waals surface area contributed by atoms with Crippen LogP contribution in [-0.2, 0) is 4.79 Å². The average molecular weight is 459 g/mol. The zero-order valence-corrected chi connectivity index (χ0v) is 19.6. The minimum atomic E-state index is -0.708. The van der Waals surface area contributed by atoms with Gasteiger partial charge in [0.25, 0.3) is 0 Å². The van der Waals surface area contributed by atoms with Crippen LogP contribution >= 0.6 is 11.8 Å². The number of rotatable bonds is 11. The van der Waals surface area contributed by atoms with Crippen molar-refractivity contribution in [3.8, 4) is 5.75 Å². The Hall–Kier alpha value is -1.83. The van der Waals surface area contributed by atoms with Crippen molar-refractivity contribution in [2.45, 2.75) is 49.9 Å². The first-order chi connectivity index (χ1) is 15.5. The van der Waals surface area contributed by atoms with Gasteiger partial charge in [-0.3, -0.25) is 9.78 Å². The van der Waals surface area contributed by atoms with Gasteiger partial charge in [-0.1, -0.05) is 0 Å². The maximum absolute atomic E-state index is 12.0. The Morgan fingerprint density at radius 1 is 1.31 bits per heavy atom. The van der Waals surface area contributed by atoms with Crippen molar-refractivity contribution in [1.29, 1.82) is 0 Å². The van der Waals surface area contributed by atoms with Gasteiger partial charge in [0.05, 0.1) is 24.6 Å². The summed E-state index contributed by atoms with van der Waals surface area (Å²) in [7, 11) is 1.62. The second kappa shape index (κ2) is 10.9. The van der Waals surface area contributed by atoms with Crippen LogP contribution in [0.25, 0.3) is 10.9 Å². The van der Waals surface area contributed by atoms with E-state index < -0.39 is 12.1 Å². The molecule has 1 aromatic heterocycles. The molecule has 174 valence electrons. The van der Waals surface area contributed by atoms with E-state index in [0.717, 1.165) is 53.4 Å². The molecule has 0 spiro atoms. The number of thioether (sulfide) groups is 1. The molecule has 0 bridgehead atoms. The van der Waals surface area contributed by atoms with Gasteiger partial charge in [0.15, 0.2) is 0 Å². The van der Waals surface area contributed by atoms with Crippen molar-refractivity contribution in [3.05, 3.63) is 36.0 Å². The monoisotopic (exact) mass is 458 g/mol. The lowest BCUT2D eigenvalue weighted by Gasteiger charge is -2.37. The van der Waals surface area contributed by atoms with Crippen molar-refractivity contribution in [3.63, 3.8) is 0 Å². The van der Waals surface area contributed by atoms with Crippen LogP contribution in [0.5, 0.6) is 5.75 Å². The Kier molecular flexibility index (Phi) is 7.92. The summed E-state index contributed by atoms with van der Waals surface area (Å²) in [6.45, 7) is 2.57. The van der Waals surface area contributed by atoms with E-state index in [1.165, 1.54) is 18.6 Å². The van der Waals surface area contributed by atoms with Gasteiger partial charge in [-0.2, -0.15) is 11.8 Å². The van der Waals surface area contributed by atoms with Crippen molar-refractivity contribution in [2.75, 3.05) is 32.5 Å². The summed E-state index contributed by atoms with van der Waals surface area (Å²) in [5.74, 6) is 0.941. The summed E-state index contributed by atoms with van der Waals surface area (Å²) in [4.78, 5) is 18.7. The highest BCUT2D eigenvalue weighted by Gasteiger charge is 2.34. The number of ether oxygens (including phenoxy) is 1. The zero-order chi connectivity index (χ0) is 22.5. The van der Waals surface area contributed by atoms with Gasteiger partial charge < -0.3 is 19.8 Å². The number of carbonyl (C=O) groups is 1. The van der Waals surface area contributed by atoms with E-state index in [2.05, 4.69) is 21.6 Å². The Morgan fingerprint density at radius 2 is 2.16 bits per heavy atom. The lowest BCUT2D eigenvalue weighted by Crippen LogP contribution is -2.44. The molecule has 4 rings (SSSR count). The summed E-state index contributed by atoms with van der Waals surface area (Å²) >= 11 is 2.07. The molecule has 2 heterocycles. The standard InChI is InChI=1S/C25H34N2O4S/c1-31-18-4-7-23-21(15-18)20(9-11-26-23)24(28)8-3-17-10-13-27(16-22(17)25(29)30)12-2-14-32-19-5-6-19/h4,7,9,11,15,17,19,22,24,28H,2-3,5-6,8,10,12-14,16H2,1H3,(H,29,30)/t17-,22+,24+/m1/s1. The number of aromatic nitrogens is 1. The number of aliphatic carboxylic acids is 1. The van der Waals surface area contributed by atoms with Crippen LogP contribution < -0.4 is 4.74 Å². The fourth-order valence-electron chi connectivity index (χ4n) is 4.76. The van der Waals surface area contributed by atoms with Gasteiger partial charge in [-0.05, 0) is 93.1 Å². The molecule has 7 heteroatoms. The molecule has 1 aromatic carbocycles. The van der Waals surface area contributed by atoms with Crippen LogP contribution in [0.2, 0.25) is 0 Å².